The summed E-state index contributed by atoms with van der Waals surface area (Å²) in [5, 5.41) is 3.59. The summed E-state index contributed by atoms with van der Waals surface area (Å²) in [5.74, 6) is 2.37. The first kappa shape index (κ1) is 16.2. The van der Waals surface area contributed by atoms with Gasteiger partial charge in [0.2, 0.25) is 0 Å². The Balaban J connectivity index is 1.91. The van der Waals surface area contributed by atoms with Gasteiger partial charge in [0, 0.05) is 6.54 Å². The van der Waals surface area contributed by atoms with Gasteiger partial charge in [-0.1, -0.05) is 33.8 Å². The van der Waals surface area contributed by atoms with Crippen LogP contribution in [0, 0.1) is 16.7 Å². The van der Waals surface area contributed by atoms with Gasteiger partial charge in [0.15, 0.2) is 11.5 Å². The highest BCUT2D eigenvalue weighted by Gasteiger charge is 2.63. The van der Waals surface area contributed by atoms with Crippen molar-refractivity contribution in [1.82, 2.24) is 5.32 Å². The topological polar surface area (TPSA) is 30.5 Å². The Morgan fingerprint density at radius 1 is 1.10 bits per heavy atom. The van der Waals surface area contributed by atoms with E-state index in [2.05, 4.69) is 45.1 Å². The fourth-order valence-electron chi connectivity index (χ4n) is 3.30. The summed E-state index contributed by atoms with van der Waals surface area (Å²) >= 11 is 0. The molecule has 0 radical (unpaired) electrons. The first-order chi connectivity index (χ1) is 9.84. The monoisotopic (exact) mass is 291 g/mol. The van der Waals surface area contributed by atoms with Crippen LogP contribution in [0.4, 0.5) is 0 Å². The van der Waals surface area contributed by atoms with Gasteiger partial charge in [0.1, 0.15) is 0 Å². The maximum Gasteiger partial charge on any atom is 0.161 e. The van der Waals surface area contributed by atoms with Crippen molar-refractivity contribution in [2.24, 2.45) is 16.7 Å². The number of hydrogen-bond acceptors (Lipinski definition) is 3. The van der Waals surface area contributed by atoms with Crippen LogP contribution >= 0.6 is 0 Å². The molecule has 2 rings (SSSR count). The van der Waals surface area contributed by atoms with Crippen molar-refractivity contribution in [2.75, 3.05) is 20.3 Å². The highest BCUT2D eigenvalue weighted by molar-refractivity contribution is 5.42. The standard InChI is InChI=1S/C18H29NO2/c1-7-21-15-10-13(8-9-14(15)20-6)11-19-12-16-17(2,3)18(16,4)5/h8-10,16,19H,7,11-12H2,1-6H3. The zero-order valence-corrected chi connectivity index (χ0v) is 14.2. The van der Waals surface area contributed by atoms with Crippen LogP contribution in [0.2, 0.25) is 0 Å². The van der Waals surface area contributed by atoms with Gasteiger partial charge in [-0.05, 0) is 47.9 Å². The van der Waals surface area contributed by atoms with Gasteiger partial charge in [-0.3, -0.25) is 0 Å². The average Bonchev–Trinajstić information content (AvgIpc) is 2.82. The molecule has 1 aromatic carbocycles. The van der Waals surface area contributed by atoms with E-state index in [-0.39, 0.29) is 0 Å². The largest absolute Gasteiger partial charge is 0.493 e. The molecular weight excluding hydrogens is 262 g/mol. The average molecular weight is 291 g/mol. The molecule has 0 unspecified atom stereocenters. The Labute approximate surface area is 129 Å². The molecule has 0 aliphatic heterocycles. The van der Waals surface area contributed by atoms with E-state index in [4.69, 9.17) is 9.47 Å². The van der Waals surface area contributed by atoms with Crippen molar-refractivity contribution >= 4 is 0 Å². The second-order valence-corrected chi connectivity index (χ2v) is 7.05. The van der Waals surface area contributed by atoms with Gasteiger partial charge >= 0.3 is 0 Å². The van der Waals surface area contributed by atoms with Crippen molar-refractivity contribution in [2.45, 2.75) is 41.2 Å². The molecule has 118 valence electrons. The molecule has 21 heavy (non-hydrogen) atoms. The number of hydrogen-bond donors (Lipinski definition) is 1. The highest BCUT2D eigenvalue weighted by atomic mass is 16.5. The van der Waals surface area contributed by atoms with E-state index in [9.17, 15) is 0 Å². The van der Waals surface area contributed by atoms with Gasteiger partial charge in [-0.2, -0.15) is 0 Å². The molecule has 1 aromatic rings. The number of methoxy groups -OCH3 is 1. The van der Waals surface area contributed by atoms with E-state index < -0.39 is 0 Å². The zero-order chi connectivity index (χ0) is 15.7. The third kappa shape index (κ3) is 3.03. The van der Waals surface area contributed by atoms with Crippen LogP contribution < -0.4 is 14.8 Å². The lowest BCUT2D eigenvalue weighted by molar-refractivity contribution is 0.310. The van der Waals surface area contributed by atoms with Crippen LogP contribution in [0.1, 0.15) is 40.2 Å². The lowest BCUT2D eigenvalue weighted by atomic mass is 10.0. The molecule has 1 saturated carbocycles. The van der Waals surface area contributed by atoms with Crippen LogP contribution in [0.5, 0.6) is 11.5 Å². The lowest BCUT2D eigenvalue weighted by Crippen LogP contribution is -2.18. The van der Waals surface area contributed by atoms with Crippen molar-refractivity contribution in [1.29, 1.82) is 0 Å². The summed E-state index contributed by atoms with van der Waals surface area (Å²) in [7, 11) is 1.67. The minimum Gasteiger partial charge on any atom is -0.493 e. The summed E-state index contributed by atoms with van der Waals surface area (Å²) in [6.45, 7) is 14.0. The van der Waals surface area contributed by atoms with Crippen LogP contribution in [-0.4, -0.2) is 20.3 Å². The summed E-state index contributed by atoms with van der Waals surface area (Å²) < 4.78 is 10.9. The second-order valence-electron chi connectivity index (χ2n) is 7.05. The second kappa shape index (κ2) is 5.88. The predicted molar refractivity (Wildman–Crippen MR) is 86.9 cm³/mol. The molecule has 0 atom stereocenters. The molecule has 1 aliphatic rings. The maximum atomic E-state index is 5.62. The Bertz CT molecular complexity index is 480. The molecular formula is C18H29NO2. The molecule has 1 N–H and O–H groups in total. The van der Waals surface area contributed by atoms with Crippen LogP contribution in [0.15, 0.2) is 18.2 Å². The van der Waals surface area contributed by atoms with Crippen molar-refractivity contribution in [3.8, 4) is 11.5 Å². The van der Waals surface area contributed by atoms with Crippen LogP contribution in [0.25, 0.3) is 0 Å². The van der Waals surface area contributed by atoms with E-state index in [0.717, 1.165) is 30.5 Å². The van der Waals surface area contributed by atoms with E-state index in [1.807, 2.05) is 13.0 Å². The fraction of sp³-hybridized carbons (Fsp3) is 0.667. The summed E-state index contributed by atoms with van der Waals surface area (Å²) in [6, 6.07) is 6.14. The lowest BCUT2D eigenvalue weighted by Gasteiger charge is -2.12. The molecule has 3 heteroatoms. The smallest absolute Gasteiger partial charge is 0.161 e. The fourth-order valence-corrected chi connectivity index (χ4v) is 3.30. The molecule has 1 fully saturated rings. The quantitative estimate of drug-likeness (QED) is 0.827. The Morgan fingerprint density at radius 2 is 1.76 bits per heavy atom. The third-order valence-corrected chi connectivity index (χ3v) is 5.53. The summed E-state index contributed by atoms with van der Waals surface area (Å²) in [6.07, 6.45) is 0. The van der Waals surface area contributed by atoms with Gasteiger partial charge in [0.25, 0.3) is 0 Å². The minimum atomic E-state index is 0.441. The maximum absolute atomic E-state index is 5.62. The number of ether oxygens (including phenoxy) is 2. The molecule has 0 amide bonds. The van der Waals surface area contributed by atoms with Crippen molar-refractivity contribution in [3.63, 3.8) is 0 Å². The molecule has 3 nitrogen and oxygen atoms in total. The number of benzene rings is 1. The zero-order valence-electron chi connectivity index (χ0n) is 14.2. The number of rotatable bonds is 7. The van der Waals surface area contributed by atoms with Crippen LogP contribution in [0.3, 0.4) is 0 Å². The predicted octanol–water partition coefficient (Wildman–Crippen LogP) is 3.87. The first-order valence-electron chi connectivity index (χ1n) is 7.85. The Morgan fingerprint density at radius 3 is 2.29 bits per heavy atom. The first-order valence-corrected chi connectivity index (χ1v) is 7.85. The normalized spacial score (nSPS) is 19.3. The van der Waals surface area contributed by atoms with Gasteiger partial charge < -0.3 is 14.8 Å². The third-order valence-electron chi connectivity index (χ3n) is 5.53. The summed E-state index contributed by atoms with van der Waals surface area (Å²) in [5.41, 5.74) is 2.11. The van der Waals surface area contributed by atoms with Gasteiger partial charge in [-0.15, -0.1) is 0 Å². The minimum absolute atomic E-state index is 0.441. The molecule has 0 saturated heterocycles. The highest BCUT2D eigenvalue weighted by Crippen LogP contribution is 2.67. The van der Waals surface area contributed by atoms with E-state index in [1.54, 1.807) is 7.11 Å². The molecule has 0 heterocycles. The SMILES string of the molecule is CCOc1cc(CNCC2C(C)(C)C2(C)C)ccc1OC. The van der Waals surface area contributed by atoms with Crippen molar-refractivity contribution in [3.05, 3.63) is 23.8 Å². The molecule has 1 aliphatic carbocycles. The Kier molecular flexibility index (Phi) is 4.52. The van der Waals surface area contributed by atoms with E-state index in [0.29, 0.717) is 17.4 Å². The number of nitrogens with one attached hydrogen (secondary N) is 1. The van der Waals surface area contributed by atoms with Gasteiger partial charge in [-0.25, -0.2) is 0 Å². The van der Waals surface area contributed by atoms with Crippen LogP contribution in [-0.2, 0) is 6.54 Å². The molecule has 0 bridgehead atoms. The van der Waals surface area contributed by atoms with E-state index >= 15 is 0 Å². The molecule has 0 spiro atoms. The van der Waals surface area contributed by atoms with Crippen molar-refractivity contribution < 1.29 is 9.47 Å². The van der Waals surface area contributed by atoms with E-state index in [1.165, 1.54) is 5.56 Å². The summed E-state index contributed by atoms with van der Waals surface area (Å²) in [4.78, 5) is 0. The van der Waals surface area contributed by atoms with Gasteiger partial charge in [0.05, 0.1) is 13.7 Å². The molecule has 0 aromatic heterocycles. The Hall–Kier alpha value is -1.22.